The zero-order valence-corrected chi connectivity index (χ0v) is 13.4. The van der Waals surface area contributed by atoms with E-state index in [4.69, 9.17) is 4.74 Å². The third kappa shape index (κ3) is 3.85. The fourth-order valence-electron chi connectivity index (χ4n) is 2.30. The van der Waals surface area contributed by atoms with Crippen LogP contribution in [0.25, 0.3) is 0 Å². The quantitative estimate of drug-likeness (QED) is 0.774. The van der Waals surface area contributed by atoms with Crippen LogP contribution in [0.2, 0.25) is 0 Å². The minimum atomic E-state index is -4.10. The maximum absolute atomic E-state index is 12.1. The highest BCUT2D eigenvalue weighted by Gasteiger charge is 2.50. The topological polar surface area (TPSA) is 113 Å². The van der Waals surface area contributed by atoms with Gasteiger partial charge < -0.3 is 9.84 Å². The molecule has 1 saturated heterocycles. The summed E-state index contributed by atoms with van der Waals surface area (Å²) in [5.74, 6) is -1.25. The molecular formula is C12H22N2O6S. The highest BCUT2D eigenvalue weighted by atomic mass is 32.2. The number of nitrogens with zero attached hydrogens (tertiary/aromatic N) is 1. The lowest BCUT2D eigenvalue weighted by molar-refractivity contribution is -0.150. The van der Waals surface area contributed by atoms with Crippen LogP contribution in [-0.2, 0) is 19.7 Å². The van der Waals surface area contributed by atoms with Gasteiger partial charge in [-0.1, -0.05) is 13.8 Å². The van der Waals surface area contributed by atoms with Crippen molar-refractivity contribution in [2.45, 2.75) is 40.2 Å². The van der Waals surface area contributed by atoms with Crippen molar-refractivity contribution in [2.75, 3.05) is 13.1 Å². The standard InChI is InChI=1S/C12H22N2O6S/c1-8(2)12(10(15)16)5-6-14(7-12)21(18,19)13-11(17)20-9(3)4/h8-9H,5-7H2,1-4H3,(H,13,17)(H,15,16). The first kappa shape index (κ1) is 17.7. The molecule has 1 aliphatic rings. The molecule has 1 aliphatic heterocycles. The first-order valence-electron chi connectivity index (χ1n) is 6.73. The van der Waals surface area contributed by atoms with Crippen molar-refractivity contribution in [3.05, 3.63) is 0 Å². The summed E-state index contributed by atoms with van der Waals surface area (Å²) in [7, 11) is -4.10. The normalized spacial score (nSPS) is 23.5. The SMILES string of the molecule is CC(C)OC(=O)NS(=O)(=O)N1CCC(C(=O)O)(C(C)C)C1. The predicted octanol–water partition coefficient (Wildman–Crippen LogP) is 0.798. The second-order valence-electron chi connectivity index (χ2n) is 5.76. The third-order valence-corrected chi connectivity index (χ3v) is 5.11. The van der Waals surface area contributed by atoms with Gasteiger partial charge in [-0.25, -0.2) is 9.52 Å². The molecule has 1 amide bonds. The summed E-state index contributed by atoms with van der Waals surface area (Å²) in [4.78, 5) is 22.9. The van der Waals surface area contributed by atoms with E-state index in [9.17, 15) is 23.1 Å². The molecule has 0 bridgehead atoms. The number of carbonyl (C=O) groups excluding carboxylic acids is 1. The molecule has 0 aromatic rings. The summed E-state index contributed by atoms with van der Waals surface area (Å²) in [5, 5.41) is 9.38. The Morgan fingerprint density at radius 3 is 2.24 bits per heavy atom. The molecule has 0 spiro atoms. The highest BCUT2D eigenvalue weighted by Crippen LogP contribution is 2.38. The Balaban J connectivity index is 2.84. The van der Waals surface area contributed by atoms with Crippen molar-refractivity contribution in [2.24, 2.45) is 11.3 Å². The van der Waals surface area contributed by atoms with Crippen molar-refractivity contribution in [3.8, 4) is 0 Å². The molecule has 9 heteroatoms. The van der Waals surface area contributed by atoms with Crippen LogP contribution in [0.1, 0.15) is 34.1 Å². The Labute approximate surface area is 124 Å². The van der Waals surface area contributed by atoms with Crippen LogP contribution < -0.4 is 4.72 Å². The second kappa shape index (κ2) is 6.18. The van der Waals surface area contributed by atoms with Gasteiger partial charge in [0.05, 0.1) is 11.5 Å². The van der Waals surface area contributed by atoms with Gasteiger partial charge in [-0.3, -0.25) is 4.79 Å². The van der Waals surface area contributed by atoms with Gasteiger partial charge in [0.25, 0.3) is 0 Å². The van der Waals surface area contributed by atoms with Gasteiger partial charge in [0.1, 0.15) is 0 Å². The van der Waals surface area contributed by atoms with E-state index in [1.807, 2.05) is 0 Å². The number of hydrogen-bond donors (Lipinski definition) is 2. The number of nitrogens with one attached hydrogen (secondary N) is 1. The van der Waals surface area contributed by atoms with Gasteiger partial charge in [0, 0.05) is 13.1 Å². The van der Waals surface area contributed by atoms with Crippen LogP contribution in [-0.4, -0.2) is 49.1 Å². The average Bonchev–Trinajstić information content (AvgIpc) is 2.72. The number of rotatable bonds is 5. The van der Waals surface area contributed by atoms with Gasteiger partial charge >= 0.3 is 22.3 Å². The van der Waals surface area contributed by atoms with E-state index in [0.717, 1.165) is 4.31 Å². The molecule has 21 heavy (non-hydrogen) atoms. The minimum Gasteiger partial charge on any atom is -0.481 e. The first-order chi connectivity index (χ1) is 9.51. The van der Waals surface area contributed by atoms with E-state index < -0.39 is 33.8 Å². The molecule has 1 unspecified atom stereocenters. The molecule has 2 N–H and O–H groups in total. The molecule has 0 aromatic heterocycles. The summed E-state index contributed by atoms with van der Waals surface area (Å²) < 4.78 is 31.6. The number of aliphatic carboxylic acids is 1. The summed E-state index contributed by atoms with van der Waals surface area (Å²) in [6.07, 6.45) is -1.31. The van der Waals surface area contributed by atoms with Gasteiger partial charge in [0.2, 0.25) is 0 Å². The van der Waals surface area contributed by atoms with E-state index in [2.05, 4.69) is 0 Å². The van der Waals surface area contributed by atoms with E-state index >= 15 is 0 Å². The largest absolute Gasteiger partial charge is 0.481 e. The van der Waals surface area contributed by atoms with Crippen LogP contribution in [0, 0.1) is 11.3 Å². The van der Waals surface area contributed by atoms with Crippen molar-refractivity contribution in [1.82, 2.24) is 9.03 Å². The average molecular weight is 322 g/mol. The van der Waals surface area contributed by atoms with Crippen molar-refractivity contribution >= 4 is 22.3 Å². The van der Waals surface area contributed by atoms with Crippen LogP contribution >= 0.6 is 0 Å². The molecule has 1 atom stereocenters. The Kier molecular flexibility index (Phi) is 5.21. The molecule has 0 aromatic carbocycles. The maximum Gasteiger partial charge on any atom is 0.422 e. The number of carbonyl (C=O) groups is 2. The number of ether oxygens (including phenoxy) is 1. The molecule has 1 heterocycles. The predicted molar refractivity (Wildman–Crippen MR) is 74.8 cm³/mol. The summed E-state index contributed by atoms with van der Waals surface area (Å²) >= 11 is 0. The van der Waals surface area contributed by atoms with Crippen LogP contribution in [0.5, 0.6) is 0 Å². The van der Waals surface area contributed by atoms with Crippen LogP contribution in [0.3, 0.4) is 0 Å². The molecule has 8 nitrogen and oxygen atoms in total. The number of carboxylic acid groups (broad SMARTS) is 1. The number of amides is 1. The summed E-state index contributed by atoms with van der Waals surface area (Å²) in [6.45, 7) is 6.56. The van der Waals surface area contributed by atoms with Gasteiger partial charge in [-0.05, 0) is 26.2 Å². The van der Waals surface area contributed by atoms with Crippen molar-refractivity contribution in [1.29, 1.82) is 0 Å². The lowest BCUT2D eigenvalue weighted by Crippen LogP contribution is -2.46. The molecule has 0 aliphatic carbocycles. The number of hydrogen-bond acceptors (Lipinski definition) is 5. The molecule has 0 saturated carbocycles. The zero-order chi connectivity index (χ0) is 16.4. The third-order valence-electron chi connectivity index (χ3n) is 3.69. The summed E-state index contributed by atoms with van der Waals surface area (Å²) in [5.41, 5.74) is -1.13. The van der Waals surface area contributed by atoms with Crippen LogP contribution in [0.15, 0.2) is 0 Å². The molecule has 1 rings (SSSR count). The number of carboxylic acids is 1. The molecule has 1 fully saturated rings. The van der Waals surface area contributed by atoms with Gasteiger partial charge in [-0.2, -0.15) is 12.7 Å². The van der Waals surface area contributed by atoms with Crippen molar-refractivity contribution in [3.63, 3.8) is 0 Å². The van der Waals surface area contributed by atoms with E-state index in [-0.39, 0.29) is 25.4 Å². The highest BCUT2D eigenvalue weighted by molar-refractivity contribution is 7.87. The van der Waals surface area contributed by atoms with E-state index in [1.54, 1.807) is 32.4 Å². The lowest BCUT2D eigenvalue weighted by Gasteiger charge is -2.28. The monoisotopic (exact) mass is 322 g/mol. The minimum absolute atomic E-state index is 0.0504. The Hall–Kier alpha value is -1.35. The molecule has 0 radical (unpaired) electrons. The maximum atomic E-state index is 12.1. The zero-order valence-electron chi connectivity index (χ0n) is 12.6. The Morgan fingerprint density at radius 2 is 1.86 bits per heavy atom. The molecule has 122 valence electrons. The lowest BCUT2D eigenvalue weighted by atomic mass is 9.77. The fourth-order valence-corrected chi connectivity index (χ4v) is 3.42. The van der Waals surface area contributed by atoms with E-state index in [1.165, 1.54) is 0 Å². The fraction of sp³-hybridized carbons (Fsp3) is 0.833. The van der Waals surface area contributed by atoms with Gasteiger partial charge in [-0.15, -0.1) is 0 Å². The molecular weight excluding hydrogens is 300 g/mol. The van der Waals surface area contributed by atoms with Crippen LogP contribution in [0.4, 0.5) is 4.79 Å². The second-order valence-corrected chi connectivity index (χ2v) is 7.43. The Morgan fingerprint density at radius 1 is 1.29 bits per heavy atom. The first-order valence-corrected chi connectivity index (χ1v) is 8.17. The van der Waals surface area contributed by atoms with E-state index in [0.29, 0.717) is 0 Å². The summed E-state index contributed by atoms with van der Waals surface area (Å²) in [6, 6.07) is 0. The Bertz CT molecular complexity index is 516. The smallest absolute Gasteiger partial charge is 0.422 e. The van der Waals surface area contributed by atoms with Crippen molar-refractivity contribution < 1.29 is 27.9 Å². The van der Waals surface area contributed by atoms with Gasteiger partial charge in [0.15, 0.2) is 0 Å².